The zero-order valence-corrected chi connectivity index (χ0v) is 12.6. The van der Waals surface area contributed by atoms with Crippen molar-refractivity contribution in [2.24, 2.45) is 5.73 Å². The van der Waals surface area contributed by atoms with Crippen molar-refractivity contribution in [2.45, 2.75) is 40.2 Å². The summed E-state index contributed by atoms with van der Waals surface area (Å²) in [5.74, 6) is -0.215. The summed E-state index contributed by atoms with van der Waals surface area (Å²) in [4.78, 5) is 0. The number of hydrogen-bond acceptors (Lipinski definition) is 1. The van der Waals surface area contributed by atoms with Gasteiger partial charge in [0.25, 0.3) is 0 Å². The van der Waals surface area contributed by atoms with Crippen molar-refractivity contribution >= 4 is 0 Å². The quantitative estimate of drug-likeness (QED) is 0.885. The molecule has 0 aliphatic heterocycles. The van der Waals surface area contributed by atoms with Crippen LogP contribution in [0.4, 0.5) is 4.39 Å². The summed E-state index contributed by atoms with van der Waals surface area (Å²) < 4.78 is 13.5. The highest BCUT2D eigenvalue weighted by Gasteiger charge is 2.12. The minimum atomic E-state index is -0.215. The predicted molar refractivity (Wildman–Crippen MR) is 82.4 cm³/mol. The first-order valence-corrected chi connectivity index (χ1v) is 6.96. The maximum Gasteiger partial charge on any atom is 0.123 e. The van der Waals surface area contributed by atoms with Crippen LogP contribution in [0.2, 0.25) is 0 Å². The molecule has 2 heteroatoms. The maximum absolute atomic E-state index is 13.5. The number of benzene rings is 2. The molecule has 20 heavy (non-hydrogen) atoms. The molecular weight excluding hydrogens is 249 g/mol. The molecule has 0 saturated heterocycles. The minimum Gasteiger partial charge on any atom is -0.324 e. The van der Waals surface area contributed by atoms with Crippen LogP contribution in [0.5, 0.6) is 0 Å². The molecule has 2 rings (SSSR count). The summed E-state index contributed by atoms with van der Waals surface area (Å²) in [7, 11) is 0. The fraction of sp³-hybridized carbons (Fsp3) is 0.333. The van der Waals surface area contributed by atoms with E-state index in [-0.39, 0.29) is 11.9 Å². The Hall–Kier alpha value is -1.67. The third-order valence-electron chi connectivity index (χ3n) is 3.76. The number of nitrogens with two attached hydrogens (primary N) is 1. The smallest absolute Gasteiger partial charge is 0.123 e. The lowest BCUT2D eigenvalue weighted by Crippen LogP contribution is -2.15. The van der Waals surface area contributed by atoms with Gasteiger partial charge >= 0.3 is 0 Å². The summed E-state index contributed by atoms with van der Waals surface area (Å²) in [6.07, 6.45) is 0.737. The highest BCUT2D eigenvalue weighted by atomic mass is 19.1. The molecule has 0 heterocycles. The Labute approximate surface area is 120 Å². The molecule has 1 unspecified atom stereocenters. The molecule has 0 fully saturated rings. The Kier molecular flexibility index (Phi) is 4.24. The predicted octanol–water partition coefficient (Wildman–Crippen LogP) is 4.30. The average molecular weight is 271 g/mol. The fourth-order valence-corrected chi connectivity index (χ4v) is 2.85. The lowest BCUT2D eigenvalue weighted by molar-refractivity contribution is 0.616. The average Bonchev–Trinajstić information content (AvgIpc) is 2.32. The Bertz CT molecular complexity index is 588. The summed E-state index contributed by atoms with van der Waals surface area (Å²) >= 11 is 0. The van der Waals surface area contributed by atoms with E-state index in [1.165, 1.54) is 34.4 Å². The maximum atomic E-state index is 13.5. The molecule has 0 spiro atoms. The third-order valence-corrected chi connectivity index (χ3v) is 3.76. The molecule has 0 aromatic heterocycles. The molecule has 0 saturated carbocycles. The molecule has 2 N–H and O–H groups in total. The summed E-state index contributed by atoms with van der Waals surface area (Å²) in [5.41, 5.74) is 13.1. The molecule has 1 nitrogen and oxygen atoms in total. The molecule has 0 aliphatic rings. The fourth-order valence-electron chi connectivity index (χ4n) is 2.85. The van der Waals surface area contributed by atoms with Crippen LogP contribution in [0.3, 0.4) is 0 Å². The molecule has 2 aromatic carbocycles. The summed E-state index contributed by atoms with van der Waals surface area (Å²) in [6.45, 7) is 8.21. The number of hydrogen-bond donors (Lipinski definition) is 1. The number of halogens is 1. The van der Waals surface area contributed by atoms with Gasteiger partial charge < -0.3 is 5.73 Å². The summed E-state index contributed by atoms with van der Waals surface area (Å²) in [5, 5.41) is 0. The van der Waals surface area contributed by atoms with E-state index in [0.717, 1.165) is 17.5 Å². The topological polar surface area (TPSA) is 26.0 Å². The van der Waals surface area contributed by atoms with E-state index in [1.54, 1.807) is 0 Å². The number of aryl methyl sites for hydroxylation is 4. The zero-order valence-electron chi connectivity index (χ0n) is 12.6. The van der Waals surface area contributed by atoms with E-state index in [0.29, 0.717) is 0 Å². The van der Waals surface area contributed by atoms with Crippen molar-refractivity contribution in [3.05, 3.63) is 69.5 Å². The monoisotopic (exact) mass is 271 g/mol. The van der Waals surface area contributed by atoms with Crippen LogP contribution in [0, 0.1) is 33.5 Å². The van der Waals surface area contributed by atoms with E-state index in [1.807, 2.05) is 13.0 Å². The Morgan fingerprint density at radius 1 is 0.900 bits per heavy atom. The largest absolute Gasteiger partial charge is 0.324 e. The van der Waals surface area contributed by atoms with Gasteiger partial charge in [-0.25, -0.2) is 4.39 Å². The first-order valence-electron chi connectivity index (χ1n) is 6.96. The van der Waals surface area contributed by atoms with Crippen molar-refractivity contribution in [2.75, 3.05) is 0 Å². The van der Waals surface area contributed by atoms with Crippen LogP contribution >= 0.6 is 0 Å². The highest BCUT2D eigenvalue weighted by molar-refractivity contribution is 5.39. The van der Waals surface area contributed by atoms with E-state index in [9.17, 15) is 4.39 Å². The van der Waals surface area contributed by atoms with Crippen LogP contribution < -0.4 is 5.73 Å². The van der Waals surface area contributed by atoms with Crippen molar-refractivity contribution in [1.82, 2.24) is 0 Å². The molecule has 0 bridgehead atoms. The Morgan fingerprint density at radius 3 is 2.00 bits per heavy atom. The number of rotatable bonds is 3. The van der Waals surface area contributed by atoms with Crippen molar-refractivity contribution in [1.29, 1.82) is 0 Å². The second kappa shape index (κ2) is 5.76. The van der Waals surface area contributed by atoms with Crippen LogP contribution in [0.1, 0.15) is 39.4 Å². The first kappa shape index (κ1) is 14.7. The molecule has 2 aromatic rings. The highest BCUT2D eigenvalue weighted by Crippen LogP contribution is 2.24. The lowest BCUT2D eigenvalue weighted by Gasteiger charge is -2.17. The van der Waals surface area contributed by atoms with Gasteiger partial charge in [-0.2, -0.15) is 0 Å². The normalized spacial score (nSPS) is 12.5. The molecular formula is C18H22FN. The Morgan fingerprint density at radius 2 is 1.45 bits per heavy atom. The molecule has 0 radical (unpaired) electrons. The molecule has 0 aliphatic carbocycles. The summed E-state index contributed by atoms with van der Waals surface area (Å²) in [6, 6.07) is 9.20. The van der Waals surface area contributed by atoms with Crippen molar-refractivity contribution < 1.29 is 4.39 Å². The molecule has 106 valence electrons. The lowest BCUT2D eigenvalue weighted by atomic mass is 9.91. The van der Waals surface area contributed by atoms with E-state index in [2.05, 4.69) is 32.9 Å². The standard InChI is InChI=1S/C18H22FN/c1-11-5-13(3)17(14(4)6-11)10-18(20)15-7-12(2)8-16(19)9-15/h5-9,18H,10,20H2,1-4H3. The molecule has 0 amide bonds. The zero-order chi connectivity index (χ0) is 14.9. The van der Waals surface area contributed by atoms with Gasteiger partial charge in [0.15, 0.2) is 0 Å². The van der Waals surface area contributed by atoms with Gasteiger partial charge in [0.2, 0.25) is 0 Å². The third kappa shape index (κ3) is 3.26. The van der Waals surface area contributed by atoms with E-state index >= 15 is 0 Å². The van der Waals surface area contributed by atoms with Gasteiger partial charge in [-0.15, -0.1) is 0 Å². The van der Waals surface area contributed by atoms with Gasteiger partial charge in [0.1, 0.15) is 5.82 Å². The minimum absolute atomic E-state index is 0.176. The van der Waals surface area contributed by atoms with Gasteiger partial charge in [-0.1, -0.05) is 23.8 Å². The van der Waals surface area contributed by atoms with E-state index in [4.69, 9.17) is 5.73 Å². The SMILES string of the molecule is Cc1cc(F)cc(C(N)Cc2c(C)cc(C)cc2C)c1. The van der Waals surface area contributed by atoms with Gasteiger partial charge in [-0.3, -0.25) is 0 Å². The van der Waals surface area contributed by atoms with Crippen LogP contribution in [0.15, 0.2) is 30.3 Å². The van der Waals surface area contributed by atoms with Crippen molar-refractivity contribution in [3.63, 3.8) is 0 Å². The van der Waals surface area contributed by atoms with Crippen molar-refractivity contribution in [3.8, 4) is 0 Å². The van der Waals surface area contributed by atoms with E-state index < -0.39 is 0 Å². The van der Waals surface area contributed by atoms with Gasteiger partial charge in [-0.05, 0) is 74.1 Å². The van der Waals surface area contributed by atoms with Crippen LogP contribution in [-0.2, 0) is 6.42 Å². The molecule has 1 atom stereocenters. The second-order valence-electron chi connectivity index (χ2n) is 5.75. The van der Waals surface area contributed by atoms with Gasteiger partial charge in [0.05, 0.1) is 0 Å². The first-order chi connectivity index (χ1) is 9.36. The van der Waals surface area contributed by atoms with Gasteiger partial charge in [0, 0.05) is 6.04 Å². The van der Waals surface area contributed by atoms with Crippen LogP contribution in [0.25, 0.3) is 0 Å². The Balaban J connectivity index is 2.30. The van der Waals surface area contributed by atoms with Crippen LogP contribution in [-0.4, -0.2) is 0 Å². The second-order valence-corrected chi connectivity index (χ2v) is 5.75.